The van der Waals surface area contributed by atoms with Crippen molar-refractivity contribution >= 4 is 29.0 Å². The van der Waals surface area contributed by atoms with Crippen LogP contribution in [0.1, 0.15) is 12.0 Å². The highest BCUT2D eigenvalue weighted by molar-refractivity contribution is 5.92. The molecule has 2 aromatic rings. The van der Waals surface area contributed by atoms with Crippen LogP contribution >= 0.6 is 12.4 Å². The molecule has 0 radical (unpaired) electrons. The van der Waals surface area contributed by atoms with Gasteiger partial charge in [0.2, 0.25) is 0 Å². The standard InChI is InChI=1S/C14H14F3N3.ClH/c15-14(16,17)9-6-12-11(2-1-4-19-12)13(7-9)20-10-3-5-18-8-10;/h1-2,4,6-7,10,18,20H,3,5,8H2;1H/t10-;/m1./s1. The Hall–Kier alpha value is -1.53. The lowest BCUT2D eigenvalue weighted by atomic mass is 10.1. The highest BCUT2D eigenvalue weighted by atomic mass is 35.5. The largest absolute Gasteiger partial charge is 0.416 e. The average molecular weight is 318 g/mol. The Morgan fingerprint density at radius 1 is 1.29 bits per heavy atom. The van der Waals surface area contributed by atoms with E-state index in [0.29, 0.717) is 16.6 Å². The number of halogens is 4. The molecule has 21 heavy (non-hydrogen) atoms. The van der Waals surface area contributed by atoms with Crippen molar-refractivity contribution in [1.29, 1.82) is 0 Å². The van der Waals surface area contributed by atoms with E-state index in [9.17, 15) is 13.2 Å². The van der Waals surface area contributed by atoms with Gasteiger partial charge in [-0.3, -0.25) is 4.98 Å². The molecule has 0 saturated carbocycles. The summed E-state index contributed by atoms with van der Waals surface area (Å²) in [6, 6.07) is 5.93. The third-order valence-corrected chi connectivity index (χ3v) is 3.47. The monoisotopic (exact) mass is 317 g/mol. The molecule has 7 heteroatoms. The van der Waals surface area contributed by atoms with Gasteiger partial charge in [-0.2, -0.15) is 13.2 Å². The van der Waals surface area contributed by atoms with E-state index in [-0.39, 0.29) is 18.4 Å². The fourth-order valence-electron chi connectivity index (χ4n) is 2.46. The van der Waals surface area contributed by atoms with Crippen LogP contribution in [0.3, 0.4) is 0 Å². The maximum absolute atomic E-state index is 12.9. The van der Waals surface area contributed by atoms with Gasteiger partial charge in [0.1, 0.15) is 0 Å². The van der Waals surface area contributed by atoms with Crippen LogP contribution in [-0.2, 0) is 6.18 Å². The Labute approximate surface area is 126 Å². The Morgan fingerprint density at radius 3 is 2.76 bits per heavy atom. The smallest absolute Gasteiger partial charge is 0.380 e. The molecule has 0 amide bonds. The molecule has 0 aliphatic carbocycles. The topological polar surface area (TPSA) is 37.0 Å². The second kappa shape index (κ2) is 6.07. The van der Waals surface area contributed by atoms with Crippen molar-refractivity contribution in [2.45, 2.75) is 18.6 Å². The third kappa shape index (κ3) is 3.39. The third-order valence-electron chi connectivity index (χ3n) is 3.47. The lowest BCUT2D eigenvalue weighted by molar-refractivity contribution is -0.137. The molecule has 3 nitrogen and oxygen atoms in total. The van der Waals surface area contributed by atoms with Gasteiger partial charge in [-0.25, -0.2) is 0 Å². The van der Waals surface area contributed by atoms with E-state index in [1.54, 1.807) is 12.1 Å². The van der Waals surface area contributed by atoms with Crippen LogP contribution in [0, 0.1) is 0 Å². The highest BCUT2D eigenvalue weighted by Gasteiger charge is 2.31. The summed E-state index contributed by atoms with van der Waals surface area (Å²) in [6.07, 6.45) is -1.96. The van der Waals surface area contributed by atoms with Crippen LogP contribution in [0.4, 0.5) is 18.9 Å². The Kier molecular flexibility index (Phi) is 4.58. The molecular weight excluding hydrogens is 303 g/mol. The quantitative estimate of drug-likeness (QED) is 0.891. The van der Waals surface area contributed by atoms with Crippen LogP contribution in [-0.4, -0.2) is 24.1 Å². The molecule has 1 aromatic carbocycles. The number of hydrogen-bond acceptors (Lipinski definition) is 3. The van der Waals surface area contributed by atoms with Gasteiger partial charge in [0.25, 0.3) is 0 Å². The lowest BCUT2D eigenvalue weighted by Gasteiger charge is -2.17. The summed E-state index contributed by atoms with van der Waals surface area (Å²) in [7, 11) is 0. The number of aromatic nitrogens is 1. The second-order valence-electron chi connectivity index (χ2n) is 4.93. The molecule has 1 fully saturated rings. The van der Waals surface area contributed by atoms with E-state index in [4.69, 9.17) is 0 Å². The lowest BCUT2D eigenvalue weighted by Crippen LogP contribution is -2.22. The molecular formula is C14H15ClF3N3. The maximum Gasteiger partial charge on any atom is 0.416 e. The molecule has 1 aliphatic rings. The van der Waals surface area contributed by atoms with Crippen molar-refractivity contribution in [2.75, 3.05) is 18.4 Å². The number of fused-ring (bicyclic) bond motifs is 1. The number of pyridine rings is 1. The van der Waals surface area contributed by atoms with Gasteiger partial charge in [0, 0.05) is 29.9 Å². The Morgan fingerprint density at radius 2 is 2.10 bits per heavy atom. The van der Waals surface area contributed by atoms with Gasteiger partial charge in [0.15, 0.2) is 0 Å². The molecule has 3 rings (SSSR count). The first kappa shape index (κ1) is 15.9. The van der Waals surface area contributed by atoms with E-state index in [2.05, 4.69) is 15.6 Å². The fraction of sp³-hybridized carbons (Fsp3) is 0.357. The number of nitrogens with zero attached hydrogens (tertiary/aromatic N) is 1. The zero-order valence-electron chi connectivity index (χ0n) is 11.1. The minimum absolute atomic E-state index is 0. The number of hydrogen-bond donors (Lipinski definition) is 2. The summed E-state index contributed by atoms with van der Waals surface area (Å²) in [4.78, 5) is 4.03. The summed E-state index contributed by atoms with van der Waals surface area (Å²) in [5, 5.41) is 7.09. The predicted octanol–water partition coefficient (Wildman–Crippen LogP) is 3.45. The molecule has 1 aromatic heterocycles. The molecule has 2 heterocycles. The van der Waals surface area contributed by atoms with Crippen molar-refractivity contribution < 1.29 is 13.2 Å². The molecule has 0 spiro atoms. The normalized spacial score (nSPS) is 18.5. The summed E-state index contributed by atoms with van der Waals surface area (Å²) in [5.41, 5.74) is 0.185. The zero-order chi connectivity index (χ0) is 14.2. The van der Waals surface area contributed by atoms with Gasteiger partial charge in [-0.1, -0.05) is 0 Å². The van der Waals surface area contributed by atoms with E-state index in [1.165, 1.54) is 12.3 Å². The number of rotatable bonds is 2. The highest BCUT2D eigenvalue weighted by Crippen LogP contribution is 2.35. The first-order valence-corrected chi connectivity index (χ1v) is 6.47. The summed E-state index contributed by atoms with van der Waals surface area (Å²) in [6.45, 7) is 1.64. The van der Waals surface area contributed by atoms with Crippen molar-refractivity contribution in [3.8, 4) is 0 Å². The summed E-state index contributed by atoms with van der Waals surface area (Å²) in [5.74, 6) is 0. The van der Waals surface area contributed by atoms with Crippen LogP contribution in [0.5, 0.6) is 0 Å². The van der Waals surface area contributed by atoms with Gasteiger partial charge in [-0.05, 0) is 37.2 Å². The number of nitrogens with one attached hydrogen (secondary N) is 2. The van der Waals surface area contributed by atoms with Crippen molar-refractivity contribution in [3.05, 3.63) is 36.0 Å². The molecule has 114 valence electrons. The maximum atomic E-state index is 12.9. The first-order chi connectivity index (χ1) is 9.54. The zero-order valence-corrected chi connectivity index (χ0v) is 11.9. The summed E-state index contributed by atoms with van der Waals surface area (Å²) >= 11 is 0. The van der Waals surface area contributed by atoms with Crippen molar-refractivity contribution in [2.24, 2.45) is 0 Å². The van der Waals surface area contributed by atoms with E-state index >= 15 is 0 Å². The predicted molar refractivity (Wildman–Crippen MR) is 78.9 cm³/mol. The molecule has 1 saturated heterocycles. The molecule has 0 unspecified atom stereocenters. The molecule has 0 bridgehead atoms. The van der Waals surface area contributed by atoms with Crippen molar-refractivity contribution in [1.82, 2.24) is 10.3 Å². The molecule has 1 aliphatic heterocycles. The van der Waals surface area contributed by atoms with Crippen LogP contribution in [0.2, 0.25) is 0 Å². The van der Waals surface area contributed by atoms with Gasteiger partial charge in [-0.15, -0.1) is 12.4 Å². The van der Waals surface area contributed by atoms with E-state index in [1.807, 2.05) is 0 Å². The Bertz CT molecular complexity index is 624. The number of alkyl halides is 3. The SMILES string of the molecule is Cl.FC(F)(F)c1cc(N[C@@H]2CCNC2)c2cccnc2c1. The van der Waals surface area contributed by atoms with Crippen LogP contribution in [0.25, 0.3) is 10.9 Å². The Balaban J connectivity index is 0.00000161. The van der Waals surface area contributed by atoms with Gasteiger partial charge >= 0.3 is 6.18 Å². The number of benzene rings is 1. The number of anilines is 1. The molecule has 1 atom stereocenters. The second-order valence-corrected chi connectivity index (χ2v) is 4.93. The van der Waals surface area contributed by atoms with E-state index in [0.717, 1.165) is 25.6 Å². The van der Waals surface area contributed by atoms with Gasteiger partial charge in [0.05, 0.1) is 11.1 Å². The van der Waals surface area contributed by atoms with Crippen LogP contribution in [0.15, 0.2) is 30.5 Å². The fourth-order valence-corrected chi connectivity index (χ4v) is 2.46. The minimum atomic E-state index is -4.37. The molecule has 2 N–H and O–H groups in total. The van der Waals surface area contributed by atoms with Crippen LogP contribution < -0.4 is 10.6 Å². The van der Waals surface area contributed by atoms with E-state index < -0.39 is 11.7 Å². The van der Waals surface area contributed by atoms with Crippen molar-refractivity contribution in [3.63, 3.8) is 0 Å². The first-order valence-electron chi connectivity index (χ1n) is 6.47. The van der Waals surface area contributed by atoms with Gasteiger partial charge < -0.3 is 10.6 Å². The average Bonchev–Trinajstić information content (AvgIpc) is 2.90. The minimum Gasteiger partial charge on any atom is -0.380 e. The summed E-state index contributed by atoms with van der Waals surface area (Å²) < 4.78 is 38.8.